The molecule has 7 heteroatoms. The van der Waals surface area contributed by atoms with Gasteiger partial charge in [0.2, 0.25) is 5.91 Å². The fourth-order valence-electron chi connectivity index (χ4n) is 1.98. The van der Waals surface area contributed by atoms with E-state index in [0.29, 0.717) is 11.4 Å². The zero-order chi connectivity index (χ0) is 14.8. The third-order valence-corrected chi connectivity index (χ3v) is 3.52. The zero-order valence-corrected chi connectivity index (χ0v) is 13.7. The van der Waals surface area contributed by atoms with Gasteiger partial charge in [0.05, 0.1) is 5.52 Å². The van der Waals surface area contributed by atoms with Gasteiger partial charge in [-0.05, 0) is 42.5 Å². The number of amides is 1. The van der Waals surface area contributed by atoms with Crippen LogP contribution in [0.1, 0.15) is 10.4 Å². The summed E-state index contributed by atoms with van der Waals surface area (Å²) in [5.74, 6) is 0.256. The minimum absolute atomic E-state index is 0. The van der Waals surface area contributed by atoms with Crippen molar-refractivity contribution < 1.29 is 4.79 Å². The molecule has 0 spiro atoms. The van der Waals surface area contributed by atoms with Gasteiger partial charge < -0.3 is 11.1 Å². The molecule has 0 aliphatic heterocycles. The molecule has 5 nitrogen and oxygen atoms in total. The Morgan fingerprint density at radius 3 is 2.50 bits per heavy atom. The lowest BCUT2D eigenvalue weighted by Crippen LogP contribution is -2.10. The summed E-state index contributed by atoms with van der Waals surface area (Å²) in [5, 5.41) is 4.12. The maximum absolute atomic E-state index is 11.1. The fourth-order valence-corrected chi connectivity index (χ4v) is 2.34. The molecule has 2 aromatic carbocycles. The number of halogens is 2. The predicted molar refractivity (Wildman–Crippen MR) is 92.7 cm³/mol. The van der Waals surface area contributed by atoms with Gasteiger partial charge in [0.25, 0.3) is 0 Å². The van der Waals surface area contributed by atoms with Crippen LogP contribution in [0.4, 0.5) is 11.5 Å². The number of primary amides is 1. The highest BCUT2D eigenvalue weighted by molar-refractivity contribution is 9.10. The molecule has 22 heavy (non-hydrogen) atoms. The Hall–Kier alpha value is -2.18. The molecule has 0 bridgehead atoms. The number of anilines is 2. The average molecular weight is 380 g/mol. The Balaban J connectivity index is 0.00000176. The van der Waals surface area contributed by atoms with E-state index in [1.807, 2.05) is 18.2 Å². The molecule has 0 radical (unpaired) electrons. The second kappa shape index (κ2) is 6.72. The molecule has 0 saturated heterocycles. The lowest BCUT2D eigenvalue weighted by molar-refractivity contribution is 0.100. The second-order valence-electron chi connectivity index (χ2n) is 4.45. The van der Waals surface area contributed by atoms with Crippen LogP contribution in [0.15, 0.2) is 53.3 Å². The summed E-state index contributed by atoms with van der Waals surface area (Å²) in [7, 11) is 0. The summed E-state index contributed by atoms with van der Waals surface area (Å²) in [6.45, 7) is 0. The topological polar surface area (TPSA) is 80.9 Å². The molecular formula is C15H12BrClN4O. The van der Waals surface area contributed by atoms with Crippen LogP contribution in [-0.2, 0) is 0 Å². The van der Waals surface area contributed by atoms with Crippen molar-refractivity contribution in [3.05, 3.63) is 58.8 Å². The molecule has 3 N–H and O–H groups in total. The third kappa shape index (κ3) is 3.35. The van der Waals surface area contributed by atoms with Crippen LogP contribution in [0.2, 0.25) is 0 Å². The lowest BCUT2D eigenvalue weighted by Gasteiger charge is -2.09. The standard InChI is InChI=1S/C15H11BrN4O.ClH/c16-10-3-6-13-12(7-10)15(19-8-18-13)20-11-4-1-9(2-5-11)14(17)21;/h1-8H,(H2,17,21)(H,18,19,20);1H. The van der Waals surface area contributed by atoms with Crippen LogP contribution in [-0.4, -0.2) is 15.9 Å². The summed E-state index contributed by atoms with van der Waals surface area (Å²) in [5.41, 5.74) is 7.36. The van der Waals surface area contributed by atoms with Crippen molar-refractivity contribution in [2.75, 3.05) is 5.32 Å². The Labute approximate surface area is 141 Å². The lowest BCUT2D eigenvalue weighted by atomic mass is 10.2. The summed E-state index contributed by atoms with van der Waals surface area (Å²) >= 11 is 3.44. The van der Waals surface area contributed by atoms with E-state index in [9.17, 15) is 4.79 Å². The first kappa shape index (κ1) is 16.2. The molecule has 0 atom stereocenters. The van der Waals surface area contributed by atoms with Crippen LogP contribution in [0, 0.1) is 0 Å². The summed E-state index contributed by atoms with van der Waals surface area (Å²) in [4.78, 5) is 19.6. The summed E-state index contributed by atoms with van der Waals surface area (Å²) in [6, 6.07) is 12.7. The monoisotopic (exact) mass is 378 g/mol. The first-order valence-electron chi connectivity index (χ1n) is 6.20. The largest absolute Gasteiger partial charge is 0.366 e. The Bertz CT molecular complexity index is 823. The van der Waals surface area contributed by atoms with Crippen LogP contribution in [0.5, 0.6) is 0 Å². The van der Waals surface area contributed by atoms with Gasteiger partial charge in [-0.1, -0.05) is 15.9 Å². The highest BCUT2D eigenvalue weighted by Crippen LogP contribution is 2.25. The van der Waals surface area contributed by atoms with Crippen molar-refractivity contribution in [3.63, 3.8) is 0 Å². The van der Waals surface area contributed by atoms with Crippen LogP contribution in [0.25, 0.3) is 10.9 Å². The fraction of sp³-hybridized carbons (Fsp3) is 0. The number of hydrogen-bond donors (Lipinski definition) is 2. The number of aromatic nitrogens is 2. The Morgan fingerprint density at radius 1 is 1.09 bits per heavy atom. The predicted octanol–water partition coefficient (Wildman–Crippen LogP) is 3.66. The van der Waals surface area contributed by atoms with Gasteiger partial charge in [0.1, 0.15) is 12.1 Å². The van der Waals surface area contributed by atoms with Gasteiger partial charge in [-0.25, -0.2) is 9.97 Å². The van der Waals surface area contributed by atoms with E-state index in [-0.39, 0.29) is 12.4 Å². The van der Waals surface area contributed by atoms with Crippen LogP contribution in [0.3, 0.4) is 0 Å². The number of nitrogens with two attached hydrogens (primary N) is 1. The number of hydrogen-bond acceptors (Lipinski definition) is 4. The molecule has 0 unspecified atom stereocenters. The number of fused-ring (bicyclic) bond motifs is 1. The van der Waals surface area contributed by atoms with Gasteiger partial charge >= 0.3 is 0 Å². The molecule has 1 heterocycles. The number of carbonyl (C=O) groups excluding carboxylic acids is 1. The summed E-state index contributed by atoms with van der Waals surface area (Å²) in [6.07, 6.45) is 1.51. The first-order chi connectivity index (χ1) is 10.1. The van der Waals surface area contributed by atoms with E-state index in [1.54, 1.807) is 24.3 Å². The molecular weight excluding hydrogens is 368 g/mol. The smallest absolute Gasteiger partial charge is 0.248 e. The van der Waals surface area contributed by atoms with E-state index in [1.165, 1.54) is 6.33 Å². The van der Waals surface area contributed by atoms with Crippen LogP contribution >= 0.6 is 28.3 Å². The molecule has 0 aliphatic rings. The molecule has 3 rings (SSSR count). The van der Waals surface area contributed by atoms with Crippen molar-refractivity contribution in [1.82, 2.24) is 9.97 Å². The van der Waals surface area contributed by atoms with Gasteiger partial charge in [0.15, 0.2) is 0 Å². The number of rotatable bonds is 3. The normalized spacial score (nSPS) is 10.0. The van der Waals surface area contributed by atoms with Crippen molar-refractivity contribution in [2.45, 2.75) is 0 Å². The summed E-state index contributed by atoms with van der Waals surface area (Å²) < 4.78 is 0.955. The number of carbonyl (C=O) groups is 1. The minimum atomic E-state index is -0.446. The highest BCUT2D eigenvalue weighted by atomic mass is 79.9. The quantitative estimate of drug-likeness (QED) is 0.728. The number of nitrogens with one attached hydrogen (secondary N) is 1. The van der Waals surface area contributed by atoms with E-state index >= 15 is 0 Å². The van der Waals surface area contributed by atoms with E-state index < -0.39 is 5.91 Å². The maximum Gasteiger partial charge on any atom is 0.248 e. The molecule has 0 fully saturated rings. The molecule has 0 aliphatic carbocycles. The van der Waals surface area contributed by atoms with E-state index in [0.717, 1.165) is 21.1 Å². The number of nitrogens with zero attached hydrogens (tertiary/aromatic N) is 2. The molecule has 0 saturated carbocycles. The van der Waals surface area contributed by atoms with E-state index in [4.69, 9.17) is 5.73 Å². The van der Waals surface area contributed by atoms with Gasteiger partial charge in [0, 0.05) is 21.1 Å². The van der Waals surface area contributed by atoms with Gasteiger partial charge in [-0.3, -0.25) is 4.79 Å². The molecule has 1 amide bonds. The highest BCUT2D eigenvalue weighted by Gasteiger charge is 2.05. The van der Waals surface area contributed by atoms with E-state index in [2.05, 4.69) is 31.2 Å². The minimum Gasteiger partial charge on any atom is -0.366 e. The van der Waals surface area contributed by atoms with Crippen molar-refractivity contribution in [2.24, 2.45) is 5.73 Å². The van der Waals surface area contributed by atoms with Crippen LogP contribution < -0.4 is 11.1 Å². The van der Waals surface area contributed by atoms with Crippen molar-refractivity contribution in [1.29, 1.82) is 0 Å². The third-order valence-electron chi connectivity index (χ3n) is 3.03. The number of benzene rings is 2. The Kier molecular flexibility index (Phi) is 4.95. The second-order valence-corrected chi connectivity index (χ2v) is 5.37. The maximum atomic E-state index is 11.1. The molecule has 1 aromatic heterocycles. The van der Waals surface area contributed by atoms with Crippen molar-refractivity contribution >= 4 is 56.7 Å². The van der Waals surface area contributed by atoms with Gasteiger partial charge in [-0.15, -0.1) is 12.4 Å². The SMILES string of the molecule is Cl.NC(=O)c1ccc(Nc2ncnc3ccc(Br)cc23)cc1. The van der Waals surface area contributed by atoms with Crippen molar-refractivity contribution in [3.8, 4) is 0 Å². The molecule has 3 aromatic rings. The molecule has 112 valence electrons. The Morgan fingerprint density at radius 2 is 1.82 bits per heavy atom. The average Bonchev–Trinajstić information content (AvgIpc) is 2.48. The first-order valence-corrected chi connectivity index (χ1v) is 7.00. The van der Waals surface area contributed by atoms with Gasteiger partial charge in [-0.2, -0.15) is 0 Å². The zero-order valence-electron chi connectivity index (χ0n) is 11.3.